The van der Waals surface area contributed by atoms with Crippen LogP contribution in [-0.4, -0.2) is 24.1 Å². The van der Waals surface area contributed by atoms with E-state index in [1.54, 1.807) is 6.07 Å². The molecule has 1 fully saturated rings. The van der Waals surface area contributed by atoms with Crippen molar-refractivity contribution in [2.75, 3.05) is 18.0 Å². The van der Waals surface area contributed by atoms with E-state index in [4.69, 9.17) is 23.2 Å². The zero-order valence-electron chi connectivity index (χ0n) is 13.9. The van der Waals surface area contributed by atoms with E-state index in [9.17, 15) is 13.2 Å². The fourth-order valence-corrected chi connectivity index (χ4v) is 3.29. The lowest BCUT2D eigenvalue weighted by Crippen LogP contribution is -2.42. The topological polar surface area (TPSA) is 28.2 Å². The van der Waals surface area contributed by atoms with Crippen LogP contribution in [0.25, 0.3) is 0 Å². The van der Waals surface area contributed by atoms with Gasteiger partial charge >= 0.3 is 6.18 Å². The molecule has 2 heterocycles. The van der Waals surface area contributed by atoms with E-state index >= 15 is 0 Å². The summed E-state index contributed by atoms with van der Waals surface area (Å²) in [7, 11) is 0. The first-order valence-electron chi connectivity index (χ1n) is 8.28. The second-order valence-electron chi connectivity index (χ2n) is 6.29. The molecule has 1 aromatic heterocycles. The molecule has 0 aliphatic carbocycles. The third kappa shape index (κ3) is 4.81. The lowest BCUT2D eigenvalue weighted by atomic mass is 10.0. The molecule has 0 saturated carbocycles. The van der Waals surface area contributed by atoms with Gasteiger partial charge in [-0.15, -0.1) is 0 Å². The molecule has 0 atom stereocenters. The lowest BCUT2D eigenvalue weighted by Gasteiger charge is -2.33. The number of pyridine rings is 1. The number of alkyl halides is 3. The van der Waals surface area contributed by atoms with Crippen LogP contribution in [0.5, 0.6) is 0 Å². The van der Waals surface area contributed by atoms with E-state index in [1.165, 1.54) is 6.07 Å². The maximum absolute atomic E-state index is 12.6. The van der Waals surface area contributed by atoms with Gasteiger partial charge in [-0.3, -0.25) is 0 Å². The standard InChI is InChI=1S/C18H18Cl2F3N3/c19-15-3-1-12(9-16(15)20)10-24-14-5-7-26(8-6-14)17-4-2-13(11-25-17)18(21,22)23/h1-4,9,11,14,24H,5-8,10H2. The summed E-state index contributed by atoms with van der Waals surface area (Å²) < 4.78 is 37.8. The van der Waals surface area contributed by atoms with Gasteiger partial charge in [-0.1, -0.05) is 29.3 Å². The number of anilines is 1. The number of halogens is 5. The van der Waals surface area contributed by atoms with Crippen molar-refractivity contribution >= 4 is 29.0 Å². The number of piperidine rings is 1. The average Bonchev–Trinajstić information content (AvgIpc) is 2.62. The fraction of sp³-hybridized carbons (Fsp3) is 0.389. The van der Waals surface area contributed by atoms with Gasteiger partial charge < -0.3 is 10.2 Å². The SMILES string of the molecule is FC(F)(F)c1ccc(N2CCC(NCc3ccc(Cl)c(Cl)c3)CC2)nc1. The largest absolute Gasteiger partial charge is 0.417 e. The van der Waals surface area contributed by atoms with Crippen LogP contribution in [0.3, 0.4) is 0 Å². The summed E-state index contributed by atoms with van der Waals surface area (Å²) in [6, 6.07) is 8.42. The van der Waals surface area contributed by atoms with Crippen LogP contribution in [0.4, 0.5) is 19.0 Å². The van der Waals surface area contributed by atoms with Crippen molar-refractivity contribution in [3.8, 4) is 0 Å². The van der Waals surface area contributed by atoms with Crippen LogP contribution in [0.15, 0.2) is 36.5 Å². The summed E-state index contributed by atoms with van der Waals surface area (Å²) in [5, 5.41) is 4.56. The number of aromatic nitrogens is 1. The third-order valence-electron chi connectivity index (χ3n) is 4.47. The Hall–Kier alpha value is -1.50. The summed E-state index contributed by atoms with van der Waals surface area (Å²) >= 11 is 11.9. The number of nitrogens with zero attached hydrogens (tertiary/aromatic N) is 2. The summed E-state index contributed by atoms with van der Waals surface area (Å²) in [6.07, 6.45) is -1.68. The smallest absolute Gasteiger partial charge is 0.357 e. The van der Waals surface area contributed by atoms with E-state index in [-0.39, 0.29) is 0 Å². The predicted octanol–water partition coefficient (Wildman–Crippen LogP) is 5.17. The molecular formula is C18H18Cl2F3N3. The summed E-state index contributed by atoms with van der Waals surface area (Å²) in [5.74, 6) is 0.584. The molecule has 0 amide bonds. The molecule has 1 aliphatic rings. The van der Waals surface area contributed by atoms with Gasteiger partial charge in [-0.25, -0.2) is 4.98 Å². The van der Waals surface area contributed by atoms with Crippen LogP contribution in [0, 0.1) is 0 Å². The molecule has 140 valence electrons. The van der Waals surface area contributed by atoms with Crippen LogP contribution in [-0.2, 0) is 12.7 Å². The van der Waals surface area contributed by atoms with E-state index in [0.717, 1.165) is 43.8 Å². The lowest BCUT2D eigenvalue weighted by molar-refractivity contribution is -0.137. The van der Waals surface area contributed by atoms with Gasteiger partial charge in [0.25, 0.3) is 0 Å². The van der Waals surface area contributed by atoms with Gasteiger partial charge in [-0.2, -0.15) is 13.2 Å². The van der Waals surface area contributed by atoms with Crippen LogP contribution in [0.1, 0.15) is 24.0 Å². The molecule has 1 saturated heterocycles. The summed E-state index contributed by atoms with van der Waals surface area (Å²) in [6.45, 7) is 2.19. The van der Waals surface area contributed by atoms with Crippen LogP contribution < -0.4 is 10.2 Å². The molecule has 1 N–H and O–H groups in total. The highest BCUT2D eigenvalue weighted by Gasteiger charge is 2.31. The van der Waals surface area contributed by atoms with Crippen LogP contribution >= 0.6 is 23.2 Å². The molecule has 0 bridgehead atoms. The van der Waals surface area contributed by atoms with E-state index in [0.29, 0.717) is 28.4 Å². The Kier molecular flexibility index (Phi) is 5.95. The highest BCUT2D eigenvalue weighted by molar-refractivity contribution is 6.42. The Balaban J connectivity index is 1.50. The molecule has 0 unspecified atom stereocenters. The highest BCUT2D eigenvalue weighted by Crippen LogP contribution is 2.30. The Labute approximate surface area is 160 Å². The Morgan fingerprint density at radius 3 is 2.38 bits per heavy atom. The number of hydrogen-bond donors (Lipinski definition) is 1. The molecule has 8 heteroatoms. The highest BCUT2D eigenvalue weighted by atomic mass is 35.5. The molecule has 0 radical (unpaired) electrons. The molecular weight excluding hydrogens is 386 g/mol. The molecule has 3 rings (SSSR count). The third-order valence-corrected chi connectivity index (χ3v) is 5.21. The summed E-state index contributed by atoms with van der Waals surface area (Å²) in [5.41, 5.74) is 0.339. The number of rotatable bonds is 4. The van der Waals surface area contributed by atoms with Crippen LogP contribution in [0.2, 0.25) is 10.0 Å². The fourth-order valence-electron chi connectivity index (χ4n) is 2.97. The maximum Gasteiger partial charge on any atom is 0.417 e. The van der Waals surface area contributed by atoms with Gasteiger partial charge in [0, 0.05) is 31.9 Å². The summed E-state index contributed by atoms with van der Waals surface area (Å²) in [4.78, 5) is 5.98. The minimum atomic E-state index is -4.35. The first-order chi connectivity index (χ1) is 12.3. The quantitative estimate of drug-likeness (QED) is 0.763. The minimum Gasteiger partial charge on any atom is -0.357 e. The number of benzene rings is 1. The van der Waals surface area contributed by atoms with Crippen molar-refractivity contribution in [2.45, 2.75) is 31.6 Å². The van der Waals surface area contributed by atoms with E-state index < -0.39 is 11.7 Å². The predicted molar refractivity (Wildman–Crippen MR) is 97.8 cm³/mol. The second-order valence-corrected chi connectivity index (χ2v) is 7.11. The molecule has 1 aliphatic heterocycles. The van der Waals surface area contributed by atoms with Gasteiger partial charge in [0.2, 0.25) is 0 Å². The first kappa shape index (κ1) is 19.3. The van der Waals surface area contributed by atoms with Crippen molar-refractivity contribution in [3.63, 3.8) is 0 Å². The van der Waals surface area contributed by atoms with Gasteiger partial charge in [0.1, 0.15) is 5.82 Å². The van der Waals surface area contributed by atoms with Crippen molar-refractivity contribution < 1.29 is 13.2 Å². The zero-order valence-corrected chi connectivity index (χ0v) is 15.4. The van der Waals surface area contributed by atoms with Crippen molar-refractivity contribution in [3.05, 3.63) is 57.7 Å². The van der Waals surface area contributed by atoms with Gasteiger partial charge in [0.15, 0.2) is 0 Å². The molecule has 1 aromatic carbocycles. The molecule has 0 spiro atoms. The number of hydrogen-bond acceptors (Lipinski definition) is 3. The van der Waals surface area contributed by atoms with E-state index in [1.807, 2.05) is 17.0 Å². The van der Waals surface area contributed by atoms with Crippen molar-refractivity contribution in [1.29, 1.82) is 0 Å². The molecule has 2 aromatic rings. The molecule has 3 nitrogen and oxygen atoms in total. The zero-order chi connectivity index (χ0) is 18.7. The second kappa shape index (κ2) is 8.03. The Bertz CT molecular complexity index is 742. The minimum absolute atomic E-state index is 0.343. The maximum atomic E-state index is 12.6. The Morgan fingerprint density at radius 1 is 1.08 bits per heavy atom. The Morgan fingerprint density at radius 2 is 1.81 bits per heavy atom. The van der Waals surface area contributed by atoms with E-state index in [2.05, 4.69) is 10.3 Å². The number of nitrogens with one attached hydrogen (secondary N) is 1. The van der Waals surface area contributed by atoms with Gasteiger partial charge in [-0.05, 0) is 42.7 Å². The normalized spacial score (nSPS) is 16.1. The van der Waals surface area contributed by atoms with Crippen molar-refractivity contribution in [2.24, 2.45) is 0 Å². The first-order valence-corrected chi connectivity index (χ1v) is 9.04. The average molecular weight is 404 g/mol. The van der Waals surface area contributed by atoms with Gasteiger partial charge in [0.05, 0.1) is 15.6 Å². The molecule has 26 heavy (non-hydrogen) atoms. The van der Waals surface area contributed by atoms with Crippen molar-refractivity contribution in [1.82, 2.24) is 10.3 Å². The monoisotopic (exact) mass is 403 g/mol.